The van der Waals surface area contributed by atoms with E-state index in [2.05, 4.69) is 5.32 Å². The van der Waals surface area contributed by atoms with E-state index in [1.54, 1.807) is 18.2 Å². The van der Waals surface area contributed by atoms with Gasteiger partial charge in [-0.05, 0) is 49.2 Å². The van der Waals surface area contributed by atoms with Crippen LogP contribution in [0.5, 0.6) is 11.5 Å². The quantitative estimate of drug-likeness (QED) is 0.763. The highest BCUT2D eigenvalue weighted by molar-refractivity contribution is 5.49. The SMILES string of the molecule is CCOc1cc(C(CO)Nc2cccc(C)c2)ccc1O. The average molecular weight is 287 g/mol. The third kappa shape index (κ3) is 3.89. The van der Waals surface area contributed by atoms with Crippen molar-refractivity contribution in [1.82, 2.24) is 0 Å². The molecule has 1 unspecified atom stereocenters. The van der Waals surface area contributed by atoms with E-state index in [1.807, 2.05) is 38.1 Å². The number of ether oxygens (including phenoxy) is 1. The highest BCUT2D eigenvalue weighted by atomic mass is 16.5. The zero-order chi connectivity index (χ0) is 15.2. The molecule has 0 bridgehead atoms. The summed E-state index contributed by atoms with van der Waals surface area (Å²) in [6.45, 7) is 4.31. The molecule has 2 aromatic carbocycles. The Morgan fingerprint density at radius 3 is 2.67 bits per heavy atom. The van der Waals surface area contributed by atoms with Crippen molar-refractivity contribution in [3.05, 3.63) is 53.6 Å². The second-order valence-electron chi connectivity index (χ2n) is 4.91. The molecule has 3 N–H and O–H groups in total. The largest absolute Gasteiger partial charge is 0.504 e. The molecule has 21 heavy (non-hydrogen) atoms. The Balaban J connectivity index is 2.22. The Bertz CT molecular complexity index is 598. The van der Waals surface area contributed by atoms with Crippen molar-refractivity contribution in [2.45, 2.75) is 19.9 Å². The standard InChI is InChI=1S/C17H21NO3/c1-3-21-17-10-13(7-8-16(17)20)15(11-19)18-14-6-4-5-12(2)9-14/h4-10,15,18-20H,3,11H2,1-2H3. The fourth-order valence-corrected chi connectivity index (χ4v) is 2.19. The van der Waals surface area contributed by atoms with Gasteiger partial charge in [-0.2, -0.15) is 0 Å². The zero-order valence-corrected chi connectivity index (χ0v) is 12.3. The molecule has 0 spiro atoms. The Morgan fingerprint density at radius 1 is 1.19 bits per heavy atom. The summed E-state index contributed by atoms with van der Waals surface area (Å²) in [6, 6.07) is 12.8. The van der Waals surface area contributed by atoms with Crippen LogP contribution in [0.1, 0.15) is 24.1 Å². The summed E-state index contributed by atoms with van der Waals surface area (Å²) in [5.74, 6) is 0.535. The van der Waals surface area contributed by atoms with Gasteiger partial charge >= 0.3 is 0 Å². The molecular weight excluding hydrogens is 266 g/mol. The number of rotatable bonds is 6. The number of benzene rings is 2. The fourth-order valence-electron chi connectivity index (χ4n) is 2.19. The number of phenolic OH excluding ortho intramolecular Hbond substituents is 1. The smallest absolute Gasteiger partial charge is 0.161 e. The van der Waals surface area contributed by atoms with Gasteiger partial charge in [0, 0.05) is 5.69 Å². The summed E-state index contributed by atoms with van der Waals surface area (Å²) < 4.78 is 5.38. The molecule has 2 rings (SSSR count). The van der Waals surface area contributed by atoms with E-state index in [0.29, 0.717) is 12.4 Å². The molecule has 0 heterocycles. The highest BCUT2D eigenvalue weighted by Gasteiger charge is 2.13. The van der Waals surface area contributed by atoms with Gasteiger partial charge in [-0.25, -0.2) is 0 Å². The van der Waals surface area contributed by atoms with Gasteiger partial charge in [0.05, 0.1) is 19.3 Å². The van der Waals surface area contributed by atoms with Crippen LogP contribution in [0.2, 0.25) is 0 Å². The van der Waals surface area contributed by atoms with E-state index < -0.39 is 0 Å². The van der Waals surface area contributed by atoms with Gasteiger partial charge in [0.1, 0.15) is 0 Å². The Hall–Kier alpha value is -2.20. The van der Waals surface area contributed by atoms with E-state index in [9.17, 15) is 10.2 Å². The third-order valence-electron chi connectivity index (χ3n) is 3.23. The summed E-state index contributed by atoms with van der Waals surface area (Å²) in [4.78, 5) is 0. The van der Waals surface area contributed by atoms with Crippen LogP contribution in [-0.2, 0) is 0 Å². The number of hydrogen-bond acceptors (Lipinski definition) is 4. The maximum Gasteiger partial charge on any atom is 0.161 e. The number of hydrogen-bond donors (Lipinski definition) is 3. The van der Waals surface area contributed by atoms with Gasteiger partial charge in [0.15, 0.2) is 11.5 Å². The van der Waals surface area contributed by atoms with Crippen molar-refractivity contribution < 1.29 is 14.9 Å². The number of aryl methyl sites for hydroxylation is 1. The van der Waals surface area contributed by atoms with E-state index in [1.165, 1.54) is 0 Å². The van der Waals surface area contributed by atoms with Crippen molar-refractivity contribution >= 4 is 5.69 Å². The first-order valence-electron chi connectivity index (χ1n) is 7.03. The highest BCUT2D eigenvalue weighted by Crippen LogP contribution is 2.30. The molecule has 1 atom stereocenters. The molecule has 0 radical (unpaired) electrons. The van der Waals surface area contributed by atoms with Crippen LogP contribution in [0, 0.1) is 6.92 Å². The first kappa shape index (κ1) is 15.2. The maximum atomic E-state index is 9.74. The molecule has 2 aromatic rings. The number of aliphatic hydroxyl groups is 1. The van der Waals surface area contributed by atoms with Crippen molar-refractivity contribution in [3.63, 3.8) is 0 Å². The molecule has 112 valence electrons. The maximum absolute atomic E-state index is 9.74. The summed E-state index contributed by atoms with van der Waals surface area (Å²) >= 11 is 0. The molecule has 4 heteroatoms. The van der Waals surface area contributed by atoms with E-state index in [-0.39, 0.29) is 18.4 Å². The molecule has 0 saturated carbocycles. The van der Waals surface area contributed by atoms with E-state index in [0.717, 1.165) is 16.8 Å². The lowest BCUT2D eigenvalue weighted by atomic mass is 10.1. The predicted octanol–water partition coefficient (Wildman–Crippen LogP) is 3.24. The van der Waals surface area contributed by atoms with Gasteiger partial charge in [-0.15, -0.1) is 0 Å². The van der Waals surface area contributed by atoms with Gasteiger partial charge in [0.25, 0.3) is 0 Å². The lowest BCUT2D eigenvalue weighted by Crippen LogP contribution is -2.15. The molecule has 0 aliphatic carbocycles. The molecule has 0 aliphatic rings. The summed E-state index contributed by atoms with van der Waals surface area (Å²) in [7, 11) is 0. The van der Waals surface area contributed by atoms with Crippen molar-refractivity contribution in [2.75, 3.05) is 18.5 Å². The molecule has 0 saturated heterocycles. The molecule has 0 amide bonds. The predicted molar refractivity (Wildman–Crippen MR) is 83.9 cm³/mol. The minimum Gasteiger partial charge on any atom is -0.504 e. The van der Waals surface area contributed by atoms with Crippen LogP contribution in [0.15, 0.2) is 42.5 Å². The number of phenols is 1. The first-order chi connectivity index (χ1) is 10.1. The topological polar surface area (TPSA) is 61.7 Å². The van der Waals surface area contributed by atoms with Crippen LogP contribution in [0.25, 0.3) is 0 Å². The van der Waals surface area contributed by atoms with Crippen LogP contribution in [0.3, 0.4) is 0 Å². The van der Waals surface area contributed by atoms with E-state index in [4.69, 9.17) is 4.74 Å². The van der Waals surface area contributed by atoms with Crippen LogP contribution < -0.4 is 10.1 Å². The Labute approximate surface area is 125 Å². The monoisotopic (exact) mass is 287 g/mol. The summed E-state index contributed by atoms with van der Waals surface area (Å²) in [6.07, 6.45) is 0. The third-order valence-corrected chi connectivity index (χ3v) is 3.23. The number of anilines is 1. The number of aliphatic hydroxyl groups excluding tert-OH is 1. The normalized spacial score (nSPS) is 12.0. The van der Waals surface area contributed by atoms with E-state index >= 15 is 0 Å². The second-order valence-corrected chi connectivity index (χ2v) is 4.91. The van der Waals surface area contributed by atoms with Gasteiger partial charge in [-0.1, -0.05) is 18.2 Å². The minimum atomic E-state index is -0.258. The number of aromatic hydroxyl groups is 1. The molecule has 4 nitrogen and oxygen atoms in total. The van der Waals surface area contributed by atoms with Crippen LogP contribution in [-0.4, -0.2) is 23.4 Å². The van der Waals surface area contributed by atoms with Gasteiger partial charge in [-0.3, -0.25) is 0 Å². The van der Waals surface area contributed by atoms with Crippen molar-refractivity contribution in [3.8, 4) is 11.5 Å². The first-order valence-corrected chi connectivity index (χ1v) is 7.03. The molecule has 0 aromatic heterocycles. The Morgan fingerprint density at radius 2 is 2.00 bits per heavy atom. The second kappa shape index (κ2) is 6.99. The fraction of sp³-hybridized carbons (Fsp3) is 0.294. The molecule has 0 fully saturated rings. The van der Waals surface area contributed by atoms with Gasteiger partial charge < -0.3 is 20.3 Å². The van der Waals surface area contributed by atoms with Crippen LogP contribution in [0.4, 0.5) is 5.69 Å². The molecule has 0 aliphatic heterocycles. The average Bonchev–Trinajstić information content (AvgIpc) is 2.47. The lowest BCUT2D eigenvalue weighted by molar-refractivity contribution is 0.275. The lowest BCUT2D eigenvalue weighted by Gasteiger charge is -2.19. The number of nitrogens with one attached hydrogen (secondary N) is 1. The molecular formula is C17H21NO3. The minimum absolute atomic E-state index is 0.0513. The zero-order valence-electron chi connectivity index (χ0n) is 12.3. The van der Waals surface area contributed by atoms with Gasteiger partial charge in [0.2, 0.25) is 0 Å². The van der Waals surface area contributed by atoms with Crippen molar-refractivity contribution in [1.29, 1.82) is 0 Å². The van der Waals surface area contributed by atoms with Crippen molar-refractivity contribution in [2.24, 2.45) is 0 Å². The summed E-state index contributed by atoms with van der Waals surface area (Å²) in [5.41, 5.74) is 2.96. The Kier molecular flexibility index (Phi) is 5.06. The summed E-state index contributed by atoms with van der Waals surface area (Å²) in [5, 5.41) is 22.7. The van der Waals surface area contributed by atoms with Crippen LogP contribution >= 0.6 is 0 Å².